The molecule has 0 N–H and O–H groups in total. The van der Waals surface area contributed by atoms with Crippen LogP contribution in [0.5, 0.6) is 0 Å². The number of oxazole rings is 1. The molecule has 1 aliphatic rings. The average molecular weight is 334 g/mol. The van der Waals surface area contributed by atoms with Gasteiger partial charge in [0.2, 0.25) is 5.89 Å². The van der Waals surface area contributed by atoms with Crippen LogP contribution in [-0.4, -0.2) is 11.1 Å². The van der Waals surface area contributed by atoms with Gasteiger partial charge in [0.15, 0.2) is 5.58 Å². The first-order valence-electron chi connectivity index (χ1n) is 8.49. The summed E-state index contributed by atoms with van der Waals surface area (Å²) in [6.07, 6.45) is 5.09. The van der Waals surface area contributed by atoms with Crippen molar-refractivity contribution in [2.75, 3.05) is 0 Å². The summed E-state index contributed by atoms with van der Waals surface area (Å²) in [5, 5.41) is 3.82. The summed E-state index contributed by atoms with van der Waals surface area (Å²) in [4.78, 5) is 7.42. The largest absolute Gasteiger partial charge is 0.436 e. The van der Waals surface area contributed by atoms with Crippen molar-refractivity contribution in [3.8, 4) is 11.5 Å². The zero-order valence-corrected chi connectivity index (χ0v) is 13.8. The molecule has 4 rings (SSSR count). The first kappa shape index (κ1) is 15.7. The Morgan fingerprint density at radius 2 is 2.04 bits per heavy atom. The molecule has 1 aromatic heterocycles. The molecule has 1 saturated carbocycles. The first-order valence-corrected chi connectivity index (χ1v) is 8.49. The van der Waals surface area contributed by atoms with Gasteiger partial charge in [0.05, 0.1) is 18.4 Å². The Kier molecular flexibility index (Phi) is 4.37. The Morgan fingerprint density at radius 3 is 2.84 bits per heavy atom. The molecule has 3 aromatic rings. The molecular weight excluding hydrogens is 316 g/mol. The number of nitrogens with zero attached hydrogens (tertiary/aromatic N) is 4. The van der Waals surface area contributed by atoms with Crippen LogP contribution in [0.1, 0.15) is 31.2 Å². The summed E-state index contributed by atoms with van der Waals surface area (Å²) in [7, 11) is 0. The number of azide groups is 1. The molecule has 6 nitrogen and oxygen atoms in total. The van der Waals surface area contributed by atoms with E-state index in [0.29, 0.717) is 35.4 Å². The third-order valence-corrected chi connectivity index (χ3v) is 4.53. The standard InChI is InChI=1S/C19H18N4O2/c20-23-22-17-11-13(12-24-14-5-1-2-6-14)9-10-15(17)19-21-16-7-3-4-8-18(16)25-19/h3-4,7-11,14H,1-2,5-6,12H2. The number of hydrogen-bond donors (Lipinski definition) is 0. The fourth-order valence-electron chi connectivity index (χ4n) is 3.24. The monoisotopic (exact) mass is 334 g/mol. The third kappa shape index (κ3) is 3.36. The molecule has 126 valence electrons. The minimum atomic E-state index is 0.347. The Balaban J connectivity index is 1.63. The van der Waals surface area contributed by atoms with Crippen molar-refractivity contribution in [3.63, 3.8) is 0 Å². The molecule has 2 aromatic carbocycles. The minimum absolute atomic E-state index is 0.347. The van der Waals surface area contributed by atoms with Gasteiger partial charge >= 0.3 is 0 Å². The van der Waals surface area contributed by atoms with Crippen LogP contribution in [0.15, 0.2) is 52.0 Å². The molecule has 0 unspecified atom stereocenters. The highest BCUT2D eigenvalue weighted by molar-refractivity contribution is 5.79. The third-order valence-electron chi connectivity index (χ3n) is 4.53. The van der Waals surface area contributed by atoms with Crippen molar-refractivity contribution >= 4 is 16.8 Å². The molecule has 6 heteroatoms. The lowest BCUT2D eigenvalue weighted by atomic mass is 10.1. The molecule has 0 atom stereocenters. The van der Waals surface area contributed by atoms with Gasteiger partial charge < -0.3 is 9.15 Å². The maximum atomic E-state index is 8.90. The van der Waals surface area contributed by atoms with Crippen LogP contribution < -0.4 is 0 Å². The van der Waals surface area contributed by atoms with Crippen molar-refractivity contribution < 1.29 is 9.15 Å². The zero-order chi connectivity index (χ0) is 17.1. The summed E-state index contributed by atoms with van der Waals surface area (Å²) < 4.78 is 11.7. The van der Waals surface area contributed by atoms with E-state index >= 15 is 0 Å². The molecule has 0 aliphatic heterocycles. The lowest BCUT2D eigenvalue weighted by Crippen LogP contribution is -2.07. The first-order chi connectivity index (χ1) is 12.3. The Morgan fingerprint density at radius 1 is 1.20 bits per heavy atom. The lowest BCUT2D eigenvalue weighted by molar-refractivity contribution is 0.0457. The van der Waals surface area contributed by atoms with Crippen molar-refractivity contribution in [3.05, 3.63) is 58.5 Å². The zero-order valence-electron chi connectivity index (χ0n) is 13.8. The van der Waals surface area contributed by atoms with Gasteiger partial charge in [0.25, 0.3) is 0 Å². The normalized spacial score (nSPS) is 14.7. The van der Waals surface area contributed by atoms with E-state index in [1.807, 2.05) is 42.5 Å². The summed E-state index contributed by atoms with van der Waals surface area (Å²) in [5.41, 5.74) is 12.5. The molecule has 0 radical (unpaired) electrons. The highest BCUT2D eigenvalue weighted by Crippen LogP contribution is 2.33. The SMILES string of the molecule is [N-]=[N+]=Nc1cc(COC2CCCC2)ccc1-c1nc2ccccc2o1. The van der Waals surface area contributed by atoms with Gasteiger partial charge in [-0.15, -0.1) is 0 Å². The molecular formula is C19H18N4O2. The molecule has 1 aliphatic carbocycles. The molecule has 0 amide bonds. The average Bonchev–Trinajstić information content (AvgIpc) is 3.29. The predicted molar refractivity (Wildman–Crippen MR) is 95.3 cm³/mol. The van der Waals surface area contributed by atoms with E-state index in [1.54, 1.807) is 0 Å². The van der Waals surface area contributed by atoms with Crippen molar-refractivity contribution in [2.45, 2.75) is 38.4 Å². The highest BCUT2D eigenvalue weighted by atomic mass is 16.5. The van der Waals surface area contributed by atoms with Crippen molar-refractivity contribution in [2.24, 2.45) is 5.11 Å². The molecule has 0 saturated heterocycles. The summed E-state index contributed by atoms with van der Waals surface area (Å²) in [5.74, 6) is 0.451. The van der Waals surface area contributed by atoms with Crippen LogP contribution in [0.25, 0.3) is 33.0 Å². The van der Waals surface area contributed by atoms with E-state index < -0.39 is 0 Å². The van der Waals surface area contributed by atoms with Crippen LogP contribution in [0.2, 0.25) is 0 Å². The molecule has 0 spiro atoms. The second kappa shape index (κ2) is 6.97. The second-order valence-electron chi connectivity index (χ2n) is 6.25. The number of fused-ring (bicyclic) bond motifs is 1. The smallest absolute Gasteiger partial charge is 0.227 e. The van der Waals surface area contributed by atoms with Gasteiger partial charge in [-0.1, -0.05) is 36.2 Å². The molecule has 1 fully saturated rings. The van der Waals surface area contributed by atoms with E-state index in [9.17, 15) is 0 Å². The molecule has 0 bridgehead atoms. The fourth-order valence-corrected chi connectivity index (χ4v) is 3.24. The van der Waals surface area contributed by atoms with Gasteiger partial charge in [0, 0.05) is 10.5 Å². The number of benzene rings is 2. The number of ether oxygens (including phenoxy) is 1. The van der Waals surface area contributed by atoms with Crippen LogP contribution in [0, 0.1) is 0 Å². The van der Waals surface area contributed by atoms with E-state index in [4.69, 9.17) is 14.7 Å². The van der Waals surface area contributed by atoms with E-state index in [0.717, 1.165) is 23.9 Å². The van der Waals surface area contributed by atoms with E-state index in [2.05, 4.69) is 15.0 Å². The topological polar surface area (TPSA) is 84.0 Å². The van der Waals surface area contributed by atoms with Gasteiger partial charge in [-0.3, -0.25) is 0 Å². The van der Waals surface area contributed by atoms with Crippen LogP contribution in [-0.2, 0) is 11.3 Å². The summed E-state index contributed by atoms with van der Waals surface area (Å²) in [6, 6.07) is 13.3. The summed E-state index contributed by atoms with van der Waals surface area (Å²) in [6.45, 7) is 0.520. The maximum Gasteiger partial charge on any atom is 0.227 e. The Hall–Kier alpha value is -2.82. The fraction of sp³-hybridized carbons (Fsp3) is 0.316. The Labute approximate surface area is 145 Å². The van der Waals surface area contributed by atoms with Gasteiger partial charge in [-0.25, -0.2) is 4.98 Å². The molecule has 25 heavy (non-hydrogen) atoms. The van der Waals surface area contributed by atoms with Gasteiger partial charge in [-0.2, -0.15) is 0 Å². The van der Waals surface area contributed by atoms with Crippen LogP contribution in [0.3, 0.4) is 0 Å². The van der Waals surface area contributed by atoms with Gasteiger partial charge in [0.1, 0.15) is 5.52 Å². The van der Waals surface area contributed by atoms with Gasteiger partial charge in [-0.05, 0) is 48.2 Å². The maximum absolute atomic E-state index is 8.90. The van der Waals surface area contributed by atoms with Crippen LogP contribution >= 0.6 is 0 Å². The predicted octanol–water partition coefficient (Wildman–Crippen LogP) is 5.90. The Bertz CT molecular complexity index is 905. The minimum Gasteiger partial charge on any atom is -0.436 e. The summed E-state index contributed by atoms with van der Waals surface area (Å²) >= 11 is 0. The number of aromatic nitrogens is 1. The highest BCUT2D eigenvalue weighted by Gasteiger charge is 2.16. The number of para-hydroxylation sites is 2. The second-order valence-corrected chi connectivity index (χ2v) is 6.25. The van der Waals surface area contributed by atoms with Crippen molar-refractivity contribution in [1.82, 2.24) is 4.98 Å². The van der Waals surface area contributed by atoms with E-state index in [-0.39, 0.29) is 0 Å². The quantitative estimate of drug-likeness (QED) is 0.331. The van der Waals surface area contributed by atoms with Crippen molar-refractivity contribution in [1.29, 1.82) is 0 Å². The number of rotatable bonds is 5. The number of hydrogen-bond acceptors (Lipinski definition) is 4. The lowest BCUT2D eigenvalue weighted by Gasteiger charge is -2.12. The van der Waals surface area contributed by atoms with Crippen LogP contribution in [0.4, 0.5) is 5.69 Å². The molecule has 1 heterocycles. The van der Waals surface area contributed by atoms with E-state index in [1.165, 1.54) is 12.8 Å².